The van der Waals surface area contributed by atoms with Gasteiger partial charge in [0.05, 0.1) is 22.1 Å². The smallest absolute Gasteiger partial charge is 0.238 e. The minimum Gasteiger partial charge on any atom is -0.493 e. The van der Waals surface area contributed by atoms with E-state index in [2.05, 4.69) is 5.32 Å². The molecule has 0 radical (unpaired) electrons. The molecule has 32 heavy (non-hydrogen) atoms. The Morgan fingerprint density at radius 2 is 1.69 bits per heavy atom. The van der Waals surface area contributed by atoms with Crippen LogP contribution in [0.2, 0.25) is 10.0 Å². The van der Waals surface area contributed by atoms with Crippen molar-refractivity contribution in [3.63, 3.8) is 0 Å². The van der Waals surface area contributed by atoms with Gasteiger partial charge in [-0.05, 0) is 54.4 Å². The summed E-state index contributed by atoms with van der Waals surface area (Å²) in [4.78, 5) is 0.106. The first-order chi connectivity index (χ1) is 15.3. The molecule has 0 saturated carbocycles. The maximum Gasteiger partial charge on any atom is 0.238 e. The van der Waals surface area contributed by atoms with Gasteiger partial charge in [-0.3, -0.25) is 0 Å². The number of ether oxygens (including phenoxy) is 2. The fourth-order valence-electron chi connectivity index (χ4n) is 3.11. The minimum absolute atomic E-state index is 0.106. The number of hydrogen-bond acceptors (Lipinski definition) is 5. The molecule has 0 atom stereocenters. The van der Waals surface area contributed by atoms with E-state index in [4.69, 9.17) is 37.8 Å². The molecular formula is C23H24Cl2N2O4S. The molecule has 0 aliphatic rings. The predicted octanol–water partition coefficient (Wildman–Crippen LogP) is 4.56. The summed E-state index contributed by atoms with van der Waals surface area (Å²) in [5.74, 6) is 1.30. The number of hydrogen-bond donors (Lipinski definition) is 2. The lowest BCUT2D eigenvalue weighted by molar-refractivity contribution is 0.280. The fraction of sp³-hybridized carbons (Fsp3) is 0.217. The normalized spacial score (nSPS) is 11.4. The highest BCUT2D eigenvalue weighted by Crippen LogP contribution is 2.32. The van der Waals surface area contributed by atoms with Crippen LogP contribution in [0.4, 0.5) is 0 Å². The molecule has 9 heteroatoms. The van der Waals surface area contributed by atoms with Gasteiger partial charge < -0.3 is 14.8 Å². The van der Waals surface area contributed by atoms with Gasteiger partial charge in [0.25, 0.3) is 0 Å². The van der Waals surface area contributed by atoms with Gasteiger partial charge in [0.2, 0.25) is 10.0 Å². The second-order valence-electron chi connectivity index (χ2n) is 7.10. The van der Waals surface area contributed by atoms with Crippen LogP contribution in [0.3, 0.4) is 0 Å². The Balaban J connectivity index is 1.60. The average molecular weight is 495 g/mol. The number of nitrogens with one attached hydrogen (secondary N) is 1. The zero-order valence-electron chi connectivity index (χ0n) is 17.5. The Morgan fingerprint density at radius 1 is 0.969 bits per heavy atom. The molecule has 170 valence electrons. The van der Waals surface area contributed by atoms with Gasteiger partial charge >= 0.3 is 0 Å². The Kier molecular flexibility index (Phi) is 8.39. The van der Waals surface area contributed by atoms with Crippen molar-refractivity contribution in [3.05, 3.63) is 87.4 Å². The molecule has 3 N–H and O–H groups in total. The first-order valence-electron chi connectivity index (χ1n) is 9.83. The largest absolute Gasteiger partial charge is 0.493 e. The maximum absolute atomic E-state index is 11.4. The van der Waals surface area contributed by atoms with Gasteiger partial charge in [-0.15, -0.1) is 0 Å². The summed E-state index contributed by atoms with van der Waals surface area (Å²) in [7, 11) is -2.08. The highest BCUT2D eigenvalue weighted by molar-refractivity contribution is 7.89. The van der Waals surface area contributed by atoms with E-state index in [-0.39, 0.29) is 4.90 Å². The van der Waals surface area contributed by atoms with E-state index in [9.17, 15) is 8.42 Å². The number of rotatable bonds is 10. The van der Waals surface area contributed by atoms with Crippen LogP contribution in [-0.4, -0.2) is 22.1 Å². The van der Waals surface area contributed by atoms with E-state index in [1.54, 1.807) is 31.4 Å². The van der Waals surface area contributed by atoms with Crippen LogP contribution in [-0.2, 0) is 29.6 Å². The topological polar surface area (TPSA) is 90.6 Å². The third kappa shape index (κ3) is 6.60. The molecule has 0 bridgehead atoms. The van der Waals surface area contributed by atoms with Crippen LogP contribution in [0.25, 0.3) is 0 Å². The van der Waals surface area contributed by atoms with Crippen molar-refractivity contribution in [2.75, 3.05) is 13.7 Å². The van der Waals surface area contributed by atoms with E-state index < -0.39 is 10.0 Å². The molecule has 0 fully saturated rings. The molecule has 3 aromatic rings. The van der Waals surface area contributed by atoms with Crippen molar-refractivity contribution in [2.24, 2.45) is 5.14 Å². The molecule has 0 unspecified atom stereocenters. The SMILES string of the molecule is COc1cccc(CNCCc2ccc(S(N)(=O)=O)cc2)c1OCc1ccc(Cl)c(Cl)c1. The van der Waals surface area contributed by atoms with Crippen LogP contribution < -0.4 is 19.9 Å². The summed E-state index contributed by atoms with van der Waals surface area (Å²) in [5, 5.41) is 9.49. The molecular weight excluding hydrogens is 471 g/mol. The molecule has 0 spiro atoms. The van der Waals surface area contributed by atoms with Crippen molar-refractivity contribution in [3.8, 4) is 11.5 Å². The van der Waals surface area contributed by atoms with E-state index in [1.807, 2.05) is 24.3 Å². The van der Waals surface area contributed by atoms with Gasteiger partial charge in [-0.2, -0.15) is 0 Å². The van der Waals surface area contributed by atoms with Crippen molar-refractivity contribution >= 4 is 33.2 Å². The molecule has 0 amide bonds. The minimum atomic E-state index is -3.68. The quantitative estimate of drug-likeness (QED) is 0.403. The highest BCUT2D eigenvalue weighted by Gasteiger charge is 2.12. The second kappa shape index (κ2) is 11.0. The first kappa shape index (κ1) is 24.4. The Bertz CT molecular complexity index is 1170. The fourth-order valence-corrected chi connectivity index (χ4v) is 3.95. The standard InChI is InChI=1S/C23H24Cl2N2O4S/c1-30-22-4-2-3-18(23(22)31-15-17-7-10-20(24)21(25)13-17)14-27-12-11-16-5-8-19(9-6-16)32(26,28)29/h2-10,13,27H,11-12,14-15H2,1H3,(H2,26,28,29). The van der Waals surface area contributed by atoms with Gasteiger partial charge in [0, 0.05) is 12.1 Å². The average Bonchev–Trinajstić information content (AvgIpc) is 2.77. The summed E-state index contributed by atoms with van der Waals surface area (Å²) in [6.07, 6.45) is 0.730. The molecule has 6 nitrogen and oxygen atoms in total. The lowest BCUT2D eigenvalue weighted by Crippen LogP contribution is -2.17. The van der Waals surface area contributed by atoms with E-state index >= 15 is 0 Å². The first-order valence-corrected chi connectivity index (χ1v) is 12.1. The monoisotopic (exact) mass is 494 g/mol. The van der Waals surface area contributed by atoms with Crippen LogP contribution in [0.1, 0.15) is 16.7 Å². The predicted molar refractivity (Wildman–Crippen MR) is 127 cm³/mol. The zero-order chi connectivity index (χ0) is 23.1. The summed E-state index contributed by atoms with van der Waals surface area (Å²) < 4.78 is 34.2. The van der Waals surface area contributed by atoms with Gasteiger partial charge in [0.1, 0.15) is 6.61 Å². The van der Waals surface area contributed by atoms with E-state index in [1.165, 1.54) is 12.1 Å². The zero-order valence-corrected chi connectivity index (χ0v) is 19.8. The lowest BCUT2D eigenvalue weighted by atomic mass is 10.1. The summed E-state index contributed by atoms with van der Waals surface area (Å²) in [5.41, 5.74) is 2.85. The number of methoxy groups -OCH3 is 1. The number of benzene rings is 3. The molecule has 0 aromatic heterocycles. The molecule has 0 saturated heterocycles. The van der Waals surface area contributed by atoms with Crippen LogP contribution >= 0.6 is 23.2 Å². The Hall–Kier alpha value is -2.29. The van der Waals surface area contributed by atoms with Crippen LogP contribution in [0, 0.1) is 0 Å². The Morgan fingerprint density at radius 3 is 2.34 bits per heavy atom. The summed E-state index contributed by atoms with van der Waals surface area (Å²) in [6, 6.07) is 17.7. The van der Waals surface area contributed by atoms with E-state index in [0.29, 0.717) is 41.2 Å². The number of halogens is 2. The van der Waals surface area contributed by atoms with Gasteiger partial charge in [0.15, 0.2) is 11.5 Å². The summed E-state index contributed by atoms with van der Waals surface area (Å²) in [6.45, 7) is 1.59. The van der Waals surface area contributed by atoms with Crippen LogP contribution in [0.15, 0.2) is 65.6 Å². The van der Waals surface area contributed by atoms with Crippen molar-refractivity contribution in [2.45, 2.75) is 24.5 Å². The lowest BCUT2D eigenvalue weighted by Gasteiger charge is -2.16. The van der Waals surface area contributed by atoms with Crippen molar-refractivity contribution in [1.29, 1.82) is 0 Å². The summed E-state index contributed by atoms with van der Waals surface area (Å²) >= 11 is 12.1. The number of primary sulfonamides is 1. The molecule has 0 aliphatic carbocycles. The van der Waals surface area contributed by atoms with Crippen LogP contribution in [0.5, 0.6) is 11.5 Å². The molecule has 0 heterocycles. The third-order valence-corrected chi connectivity index (χ3v) is 6.47. The number of nitrogens with two attached hydrogens (primary N) is 1. The third-order valence-electron chi connectivity index (χ3n) is 4.81. The molecule has 3 rings (SSSR count). The maximum atomic E-state index is 11.4. The van der Waals surface area contributed by atoms with Crippen molar-refractivity contribution in [1.82, 2.24) is 5.32 Å². The molecule has 0 aliphatic heterocycles. The number of para-hydroxylation sites is 1. The Labute approximate surface area is 198 Å². The van der Waals surface area contributed by atoms with Crippen molar-refractivity contribution < 1.29 is 17.9 Å². The second-order valence-corrected chi connectivity index (χ2v) is 9.48. The van der Waals surface area contributed by atoms with E-state index in [0.717, 1.165) is 23.1 Å². The number of sulfonamides is 1. The highest BCUT2D eigenvalue weighted by atomic mass is 35.5. The van der Waals surface area contributed by atoms with Gasteiger partial charge in [-0.25, -0.2) is 13.6 Å². The van der Waals surface area contributed by atoms with Gasteiger partial charge in [-0.1, -0.05) is 53.5 Å². The molecule has 3 aromatic carbocycles.